The summed E-state index contributed by atoms with van der Waals surface area (Å²) in [5, 5.41) is 10.3. The molecule has 0 unspecified atom stereocenters. The van der Waals surface area contributed by atoms with Crippen molar-refractivity contribution in [3.8, 4) is 0 Å². The van der Waals surface area contributed by atoms with Gasteiger partial charge in [-0.2, -0.15) is 0 Å². The van der Waals surface area contributed by atoms with E-state index in [0.29, 0.717) is 5.56 Å². The topological polar surface area (TPSA) is 79.0 Å². The molecule has 1 rings (SSSR count). The Kier molecular flexibility index (Phi) is 2.64. The number of benzene rings is 1. The molecule has 0 radical (unpaired) electrons. The number of amides is 1. The van der Waals surface area contributed by atoms with Gasteiger partial charge < -0.3 is 11.1 Å². The molecule has 0 saturated heterocycles. The highest BCUT2D eigenvalue weighted by molar-refractivity contribution is 6.44. The molecule has 0 spiro atoms. The number of rotatable bonds is 3. The highest BCUT2D eigenvalue weighted by Gasteiger charge is 2.10. The zero-order chi connectivity index (χ0) is 9.84. The van der Waals surface area contributed by atoms with E-state index in [-0.39, 0.29) is 5.71 Å². The van der Waals surface area contributed by atoms with Gasteiger partial charge in [0.15, 0.2) is 0 Å². The van der Waals surface area contributed by atoms with Crippen LogP contribution in [0.15, 0.2) is 24.3 Å². The van der Waals surface area contributed by atoms with Crippen LogP contribution in [-0.2, 0) is 4.79 Å². The molecule has 13 heavy (non-hydrogen) atoms. The van der Waals surface area contributed by atoms with Crippen LogP contribution in [0.25, 0.3) is 0 Å². The first-order valence-electron chi connectivity index (χ1n) is 3.82. The van der Waals surface area contributed by atoms with Crippen LogP contribution in [0.4, 0.5) is 5.69 Å². The summed E-state index contributed by atoms with van der Waals surface area (Å²) in [5.41, 5.74) is 6.08. The van der Waals surface area contributed by atoms with E-state index in [2.05, 4.69) is 5.32 Å². The van der Waals surface area contributed by atoms with Crippen LogP contribution in [-0.4, -0.2) is 18.7 Å². The molecule has 0 fully saturated rings. The van der Waals surface area contributed by atoms with Gasteiger partial charge in [0.2, 0.25) is 0 Å². The van der Waals surface area contributed by atoms with Crippen LogP contribution in [0, 0.1) is 5.41 Å². The molecule has 1 amide bonds. The molecule has 0 aliphatic heterocycles. The summed E-state index contributed by atoms with van der Waals surface area (Å²) in [6.07, 6.45) is 0. The van der Waals surface area contributed by atoms with E-state index in [9.17, 15) is 4.79 Å². The van der Waals surface area contributed by atoms with Crippen molar-refractivity contribution in [1.29, 1.82) is 5.41 Å². The Balaban J connectivity index is 3.13. The van der Waals surface area contributed by atoms with Crippen LogP contribution in [0.5, 0.6) is 0 Å². The molecule has 0 heterocycles. The minimum Gasteiger partial charge on any atom is -0.388 e. The van der Waals surface area contributed by atoms with Crippen LogP contribution < -0.4 is 11.1 Å². The van der Waals surface area contributed by atoms with E-state index in [1.165, 1.54) is 0 Å². The van der Waals surface area contributed by atoms with Gasteiger partial charge >= 0.3 is 0 Å². The van der Waals surface area contributed by atoms with Gasteiger partial charge in [-0.3, -0.25) is 10.2 Å². The van der Waals surface area contributed by atoms with Gasteiger partial charge in [0.1, 0.15) is 5.71 Å². The van der Waals surface area contributed by atoms with E-state index in [4.69, 9.17) is 11.1 Å². The van der Waals surface area contributed by atoms with Gasteiger partial charge in [-0.25, -0.2) is 0 Å². The second-order valence-electron chi connectivity index (χ2n) is 2.53. The second kappa shape index (κ2) is 3.71. The number of nitrogens with two attached hydrogens (primary N) is 1. The highest BCUT2D eigenvalue weighted by Crippen LogP contribution is 2.14. The first kappa shape index (κ1) is 9.25. The third kappa shape index (κ3) is 1.84. The minimum absolute atomic E-state index is 0.176. The Hall–Kier alpha value is -1.84. The Morgan fingerprint density at radius 2 is 2.08 bits per heavy atom. The molecule has 0 aliphatic carbocycles. The standard InChI is InChI=1S/C9H11N3O/c1-12-7-5-3-2-4-6(7)8(10)9(11)13/h2-5,10,12H,1H3,(H2,11,13). The molecule has 4 N–H and O–H groups in total. The number of carbonyl (C=O) groups is 1. The van der Waals surface area contributed by atoms with Gasteiger partial charge in [0.05, 0.1) is 0 Å². The van der Waals surface area contributed by atoms with Crippen molar-refractivity contribution in [3.05, 3.63) is 29.8 Å². The minimum atomic E-state index is -0.720. The van der Waals surface area contributed by atoms with Crippen molar-refractivity contribution in [2.75, 3.05) is 12.4 Å². The van der Waals surface area contributed by atoms with Crippen LogP contribution in [0.3, 0.4) is 0 Å². The monoisotopic (exact) mass is 177 g/mol. The van der Waals surface area contributed by atoms with Crippen molar-refractivity contribution in [1.82, 2.24) is 0 Å². The molecule has 0 bridgehead atoms. The van der Waals surface area contributed by atoms with Crippen LogP contribution >= 0.6 is 0 Å². The molecule has 4 nitrogen and oxygen atoms in total. The van der Waals surface area contributed by atoms with E-state index < -0.39 is 5.91 Å². The lowest BCUT2D eigenvalue weighted by Gasteiger charge is -2.06. The molecular formula is C9H11N3O. The fraction of sp³-hybridized carbons (Fsp3) is 0.111. The molecule has 68 valence electrons. The number of nitrogens with one attached hydrogen (secondary N) is 2. The molecule has 0 atom stereocenters. The van der Waals surface area contributed by atoms with Gasteiger partial charge in [-0.05, 0) is 6.07 Å². The number of para-hydroxylation sites is 1. The molecule has 0 aliphatic rings. The fourth-order valence-electron chi connectivity index (χ4n) is 1.05. The number of hydrogen-bond donors (Lipinski definition) is 3. The summed E-state index contributed by atoms with van der Waals surface area (Å²) in [6, 6.07) is 7.04. The maximum atomic E-state index is 10.7. The van der Waals surface area contributed by atoms with Crippen molar-refractivity contribution in [2.24, 2.45) is 5.73 Å². The largest absolute Gasteiger partial charge is 0.388 e. The Labute approximate surface area is 76.3 Å². The first-order valence-corrected chi connectivity index (χ1v) is 3.82. The second-order valence-corrected chi connectivity index (χ2v) is 2.53. The average Bonchev–Trinajstić information content (AvgIpc) is 2.16. The van der Waals surface area contributed by atoms with Crippen molar-refractivity contribution >= 4 is 17.3 Å². The number of primary amides is 1. The third-order valence-electron chi connectivity index (χ3n) is 1.71. The third-order valence-corrected chi connectivity index (χ3v) is 1.71. The summed E-state index contributed by atoms with van der Waals surface area (Å²) in [7, 11) is 1.73. The van der Waals surface area contributed by atoms with Crippen LogP contribution in [0.2, 0.25) is 0 Å². The van der Waals surface area contributed by atoms with E-state index in [0.717, 1.165) is 5.69 Å². The van der Waals surface area contributed by atoms with Gasteiger partial charge in [0.25, 0.3) is 5.91 Å². The molecule has 0 saturated carbocycles. The lowest BCUT2D eigenvalue weighted by molar-refractivity contribution is -0.112. The predicted octanol–water partition coefficient (Wildman–Crippen LogP) is 0.581. The first-order chi connectivity index (χ1) is 6.16. The molecule has 0 aromatic heterocycles. The molecule has 1 aromatic rings. The summed E-state index contributed by atoms with van der Waals surface area (Å²) in [4.78, 5) is 10.7. The smallest absolute Gasteiger partial charge is 0.267 e. The molecule has 1 aromatic carbocycles. The van der Waals surface area contributed by atoms with Crippen molar-refractivity contribution in [3.63, 3.8) is 0 Å². The summed E-state index contributed by atoms with van der Waals surface area (Å²) in [5.74, 6) is -0.720. The Morgan fingerprint density at radius 3 is 2.62 bits per heavy atom. The fourth-order valence-corrected chi connectivity index (χ4v) is 1.05. The van der Waals surface area contributed by atoms with Gasteiger partial charge in [-0.15, -0.1) is 0 Å². The predicted molar refractivity (Wildman–Crippen MR) is 52.0 cm³/mol. The highest BCUT2D eigenvalue weighted by atomic mass is 16.1. The zero-order valence-electron chi connectivity index (χ0n) is 7.29. The lowest BCUT2D eigenvalue weighted by atomic mass is 10.1. The molecular weight excluding hydrogens is 166 g/mol. The Bertz CT molecular complexity index is 346. The quantitative estimate of drug-likeness (QED) is 0.590. The van der Waals surface area contributed by atoms with Gasteiger partial charge in [-0.1, -0.05) is 18.2 Å². The zero-order valence-corrected chi connectivity index (χ0v) is 7.29. The lowest BCUT2D eigenvalue weighted by Crippen LogP contribution is -2.23. The maximum Gasteiger partial charge on any atom is 0.267 e. The summed E-state index contributed by atoms with van der Waals surface area (Å²) >= 11 is 0. The summed E-state index contributed by atoms with van der Waals surface area (Å²) < 4.78 is 0. The van der Waals surface area contributed by atoms with Crippen LogP contribution in [0.1, 0.15) is 5.56 Å². The van der Waals surface area contributed by atoms with Crippen molar-refractivity contribution in [2.45, 2.75) is 0 Å². The van der Waals surface area contributed by atoms with Gasteiger partial charge in [0, 0.05) is 18.3 Å². The van der Waals surface area contributed by atoms with E-state index >= 15 is 0 Å². The normalized spacial score (nSPS) is 9.31. The number of carbonyl (C=O) groups excluding carboxylic acids is 1. The van der Waals surface area contributed by atoms with E-state index in [1.54, 1.807) is 25.2 Å². The number of hydrogen-bond acceptors (Lipinski definition) is 3. The maximum absolute atomic E-state index is 10.7. The van der Waals surface area contributed by atoms with Crippen molar-refractivity contribution < 1.29 is 4.79 Å². The SMILES string of the molecule is CNc1ccccc1C(=N)C(N)=O. The molecule has 4 heteroatoms. The summed E-state index contributed by atoms with van der Waals surface area (Å²) in [6.45, 7) is 0. The average molecular weight is 177 g/mol. The Morgan fingerprint density at radius 1 is 1.46 bits per heavy atom. The number of anilines is 1. The van der Waals surface area contributed by atoms with E-state index in [1.807, 2.05) is 6.07 Å².